The van der Waals surface area contributed by atoms with Crippen molar-refractivity contribution in [3.05, 3.63) is 0 Å². The lowest BCUT2D eigenvalue weighted by atomic mass is 10.0. The smallest absolute Gasteiger partial charge is 0.00740 e. The van der Waals surface area contributed by atoms with E-state index in [-0.39, 0.29) is 0 Å². The van der Waals surface area contributed by atoms with Gasteiger partial charge in [-0.2, -0.15) is 0 Å². The van der Waals surface area contributed by atoms with Gasteiger partial charge in [-0.3, -0.25) is 0 Å². The van der Waals surface area contributed by atoms with Crippen LogP contribution in [0.5, 0.6) is 0 Å². The topological polar surface area (TPSA) is 29.3 Å². The van der Waals surface area contributed by atoms with Crippen molar-refractivity contribution < 1.29 is 0 Å². The third-order valence-corrected chi connectivity index (χ3v) is 2.53. The second-order valence-electron chi connectivity index (χ2n) is 3.72. The van der Waals surface area contributed by atoms with Crippen LogP contribution in [0.1, 0.15) is 34.1 Å². The summed E-state index contributed by atoms with van der Waals surface area (Å²) in [7, 11) is 0. The van der Waals surface area contributed by atoms with Crippen molar-refractivity contribution in [2.45, 2.75) is 40.2 Å². The summed E-state index contributed by atoms with van der Waals surface area (Å²) in [5.41, 5.74) is 5.95. The van der Waals surface area contributed by atoms with Gasteiger partial charge in [0.1, 0.15) is 0 Å². The van der Waals surface area contributed by atoms with E-state index in [4.69, 9.17) is 5.73 Å². The minimum Gasteiger partial charge on any atom is -0.327 e. The van der Waals surface area contributed by atoms with Gasteiger partial charge in [-0.1, -0.05) is 27.7 Å². The fourth-order valence-corrected chi connectivity index (χ4v) is 1.20. The van der Waals surface area contributed by atoms with Gasteiger partial charge < -0.3 is 10.6 Å². The summed E-state index contributed by atoms with van der Waals surface area (Å²) in [6.07, 6.45) is 1.12. The van der Waals surface area contributed by atoms with Crippen molar-refractivity contribution >= 4 is 0 Å². The predicted molar refractivity (Wildman–Crippen MR) is 55.2 cm³/mol. The molecule has 0 amide bonds. The molecule has 0 bridgehead atoms. The van der Waals surface area contributed by atoms with E-state index in [1.807, 2.05) is 0 Å². The molecule has 0 aliphatic rings. The first-order valence-electron chi connectivity index (χ1n) is 5.09. The normalized spacial score (nSPS) is 14.2. The highest BCUT2D eigenvalue weighted by Crippen LogP contribution is 2.03. The number of nitrogens with zero attached hydrogens (tertiary/aromatic N) is 1. The number of hydrogen-bond acceptors (Lipinski definition) is 2. The fraction of sp³-hybridized carbons (Fsp3) is 1.00. The standard InChI is InChI=1S/C10H24N2/c1-5-12(6-2)8-7-10(11)9(3)4/h9-10H,5-8,11H2,1-4H3/t10-/m1/s1. The van der Waals surface area contributed by atoms with Crippen LogP contribution in [0, 0.1) is 5.92 Å². The first kappa shape index (κ1) is 11.9. The largest absolute Gasteiger partial charge is 0.327 e. The zero-order valence-corrected chi connectivity index (χ0v) is 9.01. The molecule has 0 radical (unpaired) electrons. The molecule has 2 heteroatoms. The Labute approximate surface area is 77.1 Å². The summed E-state index contributed by atoms with van der Waals surface area (Å²) >= 11 is 0. The van der Waals surface area contributed by atoms with E-state index in [1.165, 1.54) is 0 Å². The van der Waals surface area contributed by atoms with Crippen LogP contribution in [0.25, 0.3) is 0 Å². The minimum atomic E-state index is 0.366. The number of hydrogen-bond donors (Lipinski definition) is 1. The Morgan fingerprint density at radius 2 is 1.67 bits per heavy atom. The van der Waals surface area contributed by atoms with Crippen LogP contribution in [0.3, 0.4) is 0 Å². The molecule has 0 fully saturated rings. The van der Waals surface area contributed by atoms with E-state index in [0.29, 0.717) is 12.0 Å². The average molecular weight is 172 g/mol. The van der Waals surface area contributed by atoms with Crippen LogP contribution in [0.15, 0.2) is 0 Å². The lowest BCUT2D eigenvalue weighted by Crippen LogP contribution is -2.33. The third-order valence-electron chi connectivity index (χ3n) is 2.53. The summed E-state index contributed by atoms with van der Waals surface area (Å²) < 4.78 is 0. The molecule has 1 atom stereocenters. The molecule has 0 aromatic carbocycles. The molecule has 12 heavy (non-hydrogen) atoms. The number of nitrogens with two attached hydrogens (primary N) is 1. The van der Waals surface area contributed by atoms with Crippen molar-refractivity contribution in [1.29, 1.82) is 0 Å². The van der Waals surface area contributed by atoms with Crippen LogP contribution in [-0.2, 0) is 0 Å². The van der Waals surface area contributed by atoms with E-state index in [1.54, 1.807) is 0 Å². The first-order valence-corrected chi connectivity index (χ1v) is 5.09. The third kappa shape index (κ3) is 4.73. The molecular weight excluding hydrogens is 148 g/mol. The Balaban J connectivity index is 3.51. The molecule has 0 rings (SSSR count). The Bertz CT molecular complexity index is 96.0. The van der Waals surface area contributed by atoms with Gasteiger partial charge in [-0.15, -0.1) is 0 Å². The summed E-state index contributed by atoms with van der Waals surface area (Å²) in [5.74, 6) is 0.612. The van der Waals surface area contributed by atoms with E-state index in [9.17, 15) is 0 Å². The maximum atomic E-state index is 5.95. The van der Waals surface area contributed by atoms with Gasteiger partial charge in [0.15, 0.2) is 0 Å². The second-order valence-corrected chi connectivity index (χ2v) is 3.72. The predicted octanol–water partition coefficient (Wildman–Crippen LogP) is 1.70. The Morgan fingerprint density at radius 1 is 1.17 bits per heavy atom. The Kier molecular flexibility index (Phi) is 6.39. The summed E-state index contributed by atoms with van der Waals surface area (Å²) in [6.45, 7) is 12.2. The molecule has 0 unspecified atom stereocenters. The molecule has 74 valence electrons. The van der Waals surface area contributed by atoms with Crippen LogP contribution < -0.4 is 5.73 Å². The molecule has 0 saturated carbocycles. The molecular formula is C10H24N2. The van der Waals surface area contributed by atoms with Gasteiger partial charge in [0.25, 0.3) is 0 Å². The molecule has 0 aromatic heterocycles. The average Bonchev–Trinajstić information content (AvgIpc) is 2.05. The van der Waals surface area contributed by atoms with Gasteiger partial charge in [0.05, 0.1) is 0 Å². The SMILES string of the molecule is CCN(CC)CC[C@@H](N)C(C)C. The van der Waals surface area contributed by atoms with Gasteiger partial charge in [0.2, 0.25) is 0 Å². The lowest BCUT2D eigenvalue weighted by molar-refractivity contribution is 0.278. The van der Waals surface area contributed by atoms with E-state index in [0.717, 1.165) is 26.1 Å². The van der Waals surface area contributed by atoms with Gasteiger partial charge >= 0.3 is 0 Å². The summed E-state index contributed by atoms with van der Waals surface area (Å²) in [6, 6.07) is 0.366. The lowest BCUT2D eigenvalue weighted by Gasteiger charge is -2.22. The molecule has 0 aliphatic heterocycles. The molecule has 0 aliphatic carbocycles. The maximum absolute atomic E-state index is 5.95. The monoisotopic (exact) mass is 172 g/mol. The van der Waals surface area contributed by atoms with Crippen molar-refractivity contribution in [2.75, 3.05) is 19.6 Å². The van der Waals surface area contributed by atoms with E-state index < -0.39 is 0 Å². The van der Waals surface area contributed by atoms with Gasteiger partial charge in [-0.25, -0.2) is 0 Å². The number of rotatable bonds is 6. The minimum absolute atomic E-state index is 0.366. The summed E-state index contributed by atoms with van der Waals surface area (Å²) in [5, 5.41) is 0. The highest BCUT2D eigenvalue weighted by molar-refractivity contribution is 4.67. The molecule has 2 nitrogen and oxygen atoms in total. The molecule has 2 N–H and O–H groups in total. The van der Waals surface area contributed by atoms with E-state index in [2.05, 4.69) is 32.6 Å². The molecule has 0 spiro atoms. The molecule has 0 heterocycles. The zero-order chi connectivity index (χ0) is 9.56. The van der Waals surface area contributed by atoms with Crippen molar-refractivity contribution in [3.63, 3.8) is 0 Å². The Hall–Kier alpha value is -0.0800. The van der Waals surface area contributed by atoms with Crippen LogP contribution in [-0.4, -0.2) is 30.6 Å². The quantitative estimate of drug-likeness (QED) is 0.661. The van der Waals surface area contributed by atoms with Crippen molar-refractivity contribution in [1.82, 2.24) is 4.90 Å². The van der Waals surface area contributed by atoms with Crippen LogP contribution in [0.4, 0.5) is 0 Å². The molecule has 0 aromatic rings. The van der Waals surface area contributed by atoms with Crippen molar-refractivity contribution in [2.24, 2.45) is 11.7 Å². The molecule has 0 saturated heterocycles. The van der Waals surface area contributed by atoms with E-state index >= 15 is 0 Å². The highest BCUT2D eigenvalue weighted by Gasteiger charge is 2.08. The Morgan fingerprint density at radius 3 is 2.00 bits per heavy atom. The highest BCUT2D eigenvalue weighted by atomic mass is 15.1. The zero-order valence-electron chi connectivity index (χ0n) is 9.01. The van der Waals surface area contributed by atoms with Crippen LogP contribution >= 0.6 is 0 Å². The van der Waals surface area contributed by atoms with Gasteiger partial charge in [0, 0.05) is 6.04 Å². The van der Waals surface area contributed by atoms with Crippen molar-refractivity contribution in [3.8, 4) is 0 Å². The van der Waals surface area contributed by atoms with Crippen LogP contribution in [0.2, 0.25) is 0 Å². The maximum Gasteiger partial charge on any atom is 0.00740 e. The second kappa shape index (κ2) is 6.44. The summed E-state index contributed by atoms with van der Waals surface area (Å²) in [4.78, 5) is 2.42. The fourth-order valence-electron chi connectivity index (χ4n) is 1.20. The first-order chi connectivity index (χ1) is 5.61. The van der Waals surface area contributed by atoms with Gasteiger partial charge in [-0.05, 0) is 32.0 Å².